The van der Waals surface area contributed by atoms with Crippen molar-refractivity contribution in [3.05, 3.63) is 0 Å². The van der Waals surface area contributed by atoms with Crippen LogP contribution in [0.4, 0.5) is 0 Å². The Bertz CT molecular complexity index is 273. The van der Waals surface area contributed by atoms with Crippen molar-refractivity contribution in [3.63, 3.8) is 0 Å². The Morgan fingerprint density at radius 3 is 2.10 bits per heavy atom. The fourth-order valence-corrected chi connectivity index (χ4v) is 4.83. The first-order valence-corrected chi connectivity index (χ1v) is 9.10. The third kappa shape index (κ3) is 3.39. The first-order valence-electron chi connectivity index (χ1n) is 9.10. The molecular formula is C18H36N2. The summed E-state index contributed by atoms with van der Waals surface area (Å²) >= 11 is 0. The molecule has 0 aromatic carbocycles. The van der Waals surface area contributed by atoms with Crippen molar-refractivity contribution in [2.24, 2.45) is 17.6 Å². The number of nitrogens with zero attached hydrogens (tertiary/aromatic N) is 1. The van der Waals surface area contributed by atoms with Crippen molar-refractivity contribution in [2.75, 3.05) is 13.1 Å². The van der Waals surface area contributed by atoms with Gasteiger partial charge < -0.3 is 5.73 Å². The van der Waals surface area contributed by atoms with E-state index in [0.29, 0.717) is 5.54 Å². The number of likely N-dealkylation sites (N-methyl/N-ethyl adjacent to an activating group) is 1. The molecule has 0 aromatic rings. The second-order valence-corrected chi connectivity index (χ2v) is 7.59. The molecular weight excluding hydrogens is 244 g/mol. The highest BCUT2D eigenvalue weighted by Gasteiger charge is 2.41. The van der Waals surface area contributed by atoms with Gasteiger partial charge in [-0.25, -0.2) is 0 Å². The average Bonchev–Trinajstić information content (AvgIpc) is 2.49. The van der Waals surface area contributed by atoms with Crippen molar-refractivity contribution >= 4 is 0 Å². The monoisotopic (exact) mass is 280 g/mol. The zero-order valence-corrected chi connectivity index (χ0v) is 14.0. The first-order chi connectivity index (χ1) is 9.63. The maximum atomic E-state index is 6.30. The van der Waals surface area contributed by atoms with E-state index in [-0.39, 0.29) is 0 Å². The minimum atomic E-state index is 0.322. The highest BCUT2D eigenvalue weighted by Crippen LogP contribution is 2.41. The zero-order valence-electron chi connectivity index (χ0n) is 14.0. The van der Waals surface area contributed by atoms with Crippen molar-refractivity contribution in [2.45, 2.75) is 90.1 Å². The summed E-state index contributed by atoms with van der Waals surface area (Å²) in [5, 5.41) is 0. The molecule has 2 aliphatic rings. The van der Waals surface area contributed by atoms with E-state index in [4.69, 9.17) is 5.73 Å². The lowest BCUT2D eigenvalue weighted by atomic mass is 9.71. The molecule has 2 heteroatoms. The van der Waals surface area contributed by atoms with E-state index in [2.05, 4.69) is 25.7 Å². The topological polar surface area (TPSA) is 29.3 Å². The number of hydrogen-bond acceptors (Lipinski definition) is 2. The predicted octanol–water partition coefficient (Wildman–Crippen LogP) is 4.18. The predicted molar refractivity (Wildman–Crippen MR) is 87.8 cm³/mol. The quantitative estimate of drug-likeness (QED) is 0.818. The summed E-state index contributed by atoms with van der Waals surface area (Å²) in [6.45, 7) is 9.18. The van der Waals surface area contributed by atoms with Crippen LogP contribution in [0.3, 0.4) is 0 Å². The molecule has 2 nitrogen and oxygen atoms in total. The summed E-state index contributed by atoms with van der Waals surface area (Å²) in [4.78, 5) is 2.82. The van der Waals surface area contributed by atoms with Crippen LogP contribution in [0.15, 0.2) is 0 Å². The lowest BCUT2D eigenvalue weighted by Gasteiger charge is -2.52. The number of nitrogens with two attached hydrogens (primary N) is 1. The molecule has 20 heavy (non-hydrogen) atoms. The molecule has 0 amide bonds. The summed E-state index contributed by atoms with van der Waals surface area (Å²) in [6.07, 6.45) is 12.5. The zero-order chi connectivity index (χ0) is 14.6. The van der Waals surface area contributed by atoms with Crippen LogP contribution >= 0.6 is 0 Å². The van der Waals surface area contributed by atoms with Crippen LogP contribution in [0.2, 0.25) is 0 Å². The minimum absolute atomic E-state index is 0.322. The molecule has 118 valence electrons. The summed E-state index contributed by atoms with van der Waals surface area (Å²) in [7, 11) is 0. The van der Waals surface area contributed by atoms with E-state index in [1.807, 2.05) is 0 Å². The highest BCUT2D eigenvalue weighted by atomic mass is 15.2. The van der Waals surface area contributed by atoms with Crippen LogP contribution in [0.5, 0.6) is 0 Å². The molecule has 2 N–H and O–H groups in total. The molecule has 0 heterocycles. The fraction of sp³-hybridized carbons (Fsp3) is 1.00. The van der Waals surface area contributed by atoms with Gasteiger partial charge in [0.15, 0.2) is 0 Å². The van der Waals surface area contributed by atoms with Crippen LogP contribution in [-0.4, -0.2) is 29.6 Å². The van der Waals surface area contributed by atoms with E-state index in [9.17, 15) is 0 Å². The van der Waals surface area contributed by atoms with Crippen molar-refractivity contribution in [1.82, 2.24) is 4.90 Å². The Morgan fingerprint density at radius 1 is 1.05 bits per heavy atom. The average molecular weight is 281 g/mol. The summed E-state index contributed by atoms with van der Waals surface area (Å²) in [5.74, 6) is 1.77. The third-order valence-electron chi connectivity index (χ3n) is 6.25. The fourth-order valence-electron chi connectivity index (χ4n) is 4.83. The largest absolute Gasteiger partial charge is 0.329 e. The maximum Gasteiger partial charge on any atom is 0.0334 e. The van der Waals surface area contributed by atoms with Crippen LogP contribution in [0.25, 0.3) is 0 Å². The molecule has 0 aliphatic heterocycles. The number of rotatable bonds is 5. The smallest absolute Gasteiger partial charge is 0.0334 e. The molecule has 0 unspecified atom stereocenters. The van der Waals surface area contributed by atoms with Crippen LogP contribution in [-0.2, 0) is 0 Å². The minimum Gasteiger partial charge on any atom is -0.329 e. The van der Waals surface area contributed by atoms with Gasteiger partial charge in [0.1, 0.15) is 0 Å². The summed E-state index contributed by atoms with van der Waals surface area (Å²) in [6, 6.07) is 0.813. The second kappa shape index (κ2) is 7.26. The Kier molecular flexibility index (Phi) is 5.92. The van der Waals surface area contributed by atoms with E-state index in [1.165, 1.54) is 64.3 Å². The van der Waals surface area contributed by atoms with E-state index < -0.39 is 0 Å². The highest BCUT2D eigenvalue weighted by molar-refractivity contribution is 4.98. The van der Waals surface area contributed by atoms with E-state index in [0.717, 1.165) is 24.4 Å². The van der Waals surface area contributed by atoms with Gasteiger partial charge >= 0.3 is 0 Å². The molecule has 2 fully saturated rings. The molecule has 0 spiro atoms. The first kappa shape index (κ1) is 16.3. The molecule has 0 aromatic heterocycles. The van der Waals surface area contributed by atoms with E-state index in [1.54, 1.807) is 0 Å². The van der Waals surface area contributed by atoms with Crippen LogP contribution < -0.4 is 5.73 Å². The Morgan fingerprint density at radius 2 is 1.65 bits per heavy atom. The normalized spacial score (nSPS) is 33.0. The van der Waals surface area contributed by atoms with Gasteiger partial charge in [-0.1, -0.05) is 40.0 Å². The number of hydrogen-bond donors (Lipinski definition) is 1. The molecule has 0 radical (unpaired) electrons. The van der Waals surface area contributed by atoms with Gasteiger partial charge in [-0.2, -0.15) is 0 Å². The molecule has 0 bridgehead atoms. The van der Waals surface area contributed by atoms with Crippen LogP contribution in [0, 0.1) is 11.8 Å². The SMILES string of the molecule is CCN(C1CCCCC1)C1(CN)CCC(C(C)C)CC1. The lowest BCUT2D eigenvalue weighted by molar-refractivity contribution is -0.00553. The molecule has 0 atom stereocenters. The third-order valence-corrected chi connectivity index (χ3v) is 6.25. The summed E-state index contributed by atoms with van der Waals surface area (Å²) < 4.78 is 0. The maximum absolute atomic E-state index is 6.30. The summed E-state index contributed by atoms with van der Waals surface area (Å²) in [5.41, 5.74) is 6.62. The van der Waals surface area contributed by atoms with Gasteiger partial charge in [-0.15, -0.1) is 0 Å². The molecule has 0 saturated heterocycles. The standard InChI is InChI=1S/C18H36N2/c1-4-20(17-8-6-5-7-9-17)18(14-19)12-10-16(11-13-18)15(2)3/h15-17H,4-14,19H2,1-3H3. The van der Waals surface area contributed by atoms with Crippen molar-refractivity contribution in [1.29, 1.82) is 0 Å². The van der Waals surface area contributed by atoms with Gasteiger partial charge in [0.2, 0.25) is 0 Å². The van der Waals surface area contributed by atoms with E-state index >= 15 is 0 Å². The Hall–Kier alpha value is -0.0800. The van der Waals surface area contributed by atoms with Gasteiger partial charge in [0.25, 0.3) is 0 Å². The molecule has 2 saturated carbocycles. The van der Waals surface area contributed by atoms with Crippen molar-refractivity contribution in [3.8, 4) is 0 Å². The molecule has 2 rings (SSSR count). The van der Waals surface area contributed by atoms with Gasteiger partial charge in [-0.3, -0.25) is 4.90 Å². The van der Waals surface area contributed by atoms with Crippen LogP contribution in [0.1, 0.15) is 78.6 Å². The van der Waals surface area contributed by atoms with Gasteiger partial charge in [0, 0.05) is 18.1 Å². The van der Waals surface area contributed by atoms with Gasteiger partial charge in [0.05, 0.1) is 0 Å². The van der Waals surface area contributed by atoms with Crippen molar-refractivity contribution < 1.29 is 0 Å². The Labute approximate surface area is 126 Å². The lowest BCUT2D eigenvalue weighted by Crippen LogP contribution is -2.59. The van der Waals surface area contributed by atoms with Gasteiger partial charge in [-0.05, 0) is 56.9 Å². The molecule has 2 aliphatic carbocycles. The second-order valence-electron chi connectivity index (χ2n) is 7.59. The Balaban J connectivity index is 2.04.